The van der Waals surface area contributed by atoms with E-state index < -0.39 is 0 Å². The van der Waals surface area contributed by atoms with E-state index in [1.54, 1.807) is 17.9 Å². The van der Waals surface area contributed by atoms with Crippen LogP contribution in [0.1, 0.15) is 54.3 Å². The summed E-state index contributed by atoms with van der Waals surface area (Å²) in [5, 5.41) is 14.4. The molecule has 0 unspecified atom stereocenters. The summed E-state index contributed by atoms with van der Waals surface area (Å²) in [5.41, 5.74) is 10.7. The van der Waals surface area contributed by atoms with Gasteiger partial charge in [-0.2, -0.15) is 10.4 Å². The van der Waals surface area contributed by atoms with Crippen LogP contribution < -0.4 is 15.2 Å². The highest BCUT2D eigenvalue weighted by Gasteiger charge is 2.38. The second kappa shape index (κ2) is 6.73. The number of hydrogen-bond acceptors (Lipinski definition) is 7. The molecule has 6 rings (SSSR count). The van der Waals surface area contributed by atoms with Crippen LogP contribution in [-0.2, 0) is 7.05 Å². The average molecular weight is 402 g/mol. The van der Waals surface area contributed by atoms with Crippen molar-refractivity contribution in [1.29, 1.82) is 5.26 Å². The molecule has 4 heterocycles. The summed E-state index contributed by atoms with van der Waals surface area (Å²) >= 11 is 0. The zero-order valence-corrected chi connectivity index (χ0v) is 17.1. The molecule has 8 nitrogen and oxygen atoms in total. The van der Waals surface area contributed by atoms with Crippen molar-refractivity contribution in [3.63, 3.8) is 0 Å². The SMILES string of the molecule is Cc1ccc2c(c1)[C@@H](C)Oc1nc(cnc1N)-c1c(nn(C)c1C#N)C1CC(C1)O2. The lowest BCUT2D eigenvalue weighted by atomic mass is 9.78. The number of nitrogen functional groups attached to an aromatic ring is 1. The van der Waals surface area contributed by atoms with E-state index in [4.69, 9.17) is 15.2 Å². The third-order valence-electron chi connectivity index (χ3n) is 5.87. The van der Waals surface area contributed by atoms with Crippen molar-refractivity contribution in [1.82, 2.24) is 19.7 Å². The first kappa shape index (κ1) is 18.4. The van der Waals surface area contributed by atoms with E-state index in [0.717, 1.165) is 35.4 Å². The second-order valence-corrected chi connectivity index (χ2v) is 8.00. The average Bonchev–Trinajstić information content (AvgIpc) is 3.02. The van der Waals surface area contributed by atoms with E-state index in [-0.39, 0.29) is 29.8 Å². The predicted molar refractivity (Wildman–Crippen MR) is 110 cm³/mol. The quantitative estimate of drug-likeness (QED) is 0.613. The number of nitriles is 1. The van der Waals surface area contributed by atoms with Gasteiger partial charge in [0.05, 0.1) is 23.1 Å². The summed E-state index contributed by atoms with van der Waals surface area (Å²) in [7, 11) is 1.77. The van der Waals surface area contributed by atoms with Crippen LogP contribution in [0.4, 0.5) is 5.82 Å². The van der Waals surface area contributed by atoms with Crippen molar-refractivity contribution in [2.75, 3.05) is 5.73 Å². The summed E-state index contributed by atoms with van der Waals surface area (Å²) < 4.78 is 14.1. The molecule has 0 radical (unpaired) electrons. The summed E-state index contributed by atoms with van der Waals surface area (Å²) in [6.45, 7) is 3.98. The topological polar surface area (TPSA) is 112 Å². The number of nitrogens with two attached hydrogens (primary N) is 1. The van der Waals surface area contributed by atoms with Gasteiger partial charge in [0.1, 0.15) is 29.7 Å². The number of aromatic nitrogens is 4. The van der Waals surface area contributed by atoms with Crippen molar-refractivity contribution < 1.29 is 9.47 Å². The normalized spacial score (nSPS) is 21.9. The molecule has 3 aromatic rings. The molecule has 30 heavy (non-hydrogen) atoms. The van der Waals surface area contributed by atoms with Gasteiger partial charge < -0.3 is 15.2 Å². The van der Waals surface area contributed by atoms with E-state index in [9.17, 15) is 5.26 Å². The van der Waals surface area contributed by atoms with Gasteiger partial charge in [0.25, 0.3) is 5.88 Å². The number of aryl methyl sites for hydroxylation is 2. The van der Waals surface area contributed by atoms with Gasteiger partial charge >= 0.3 is 0 Å². The number of benzene rings is 1. The first-order chi connectivity index (χ1) is 14.4. The Hall–Kier alpha value is -3.60. The maximum absolute atomic E-state index is 9.73. The Morgan fingerprint density at radius 2 is 2.07 bits per heavy atom. The number of nitrogens with zero attached hydrogens (tertiary/aromatic N) is 5. The molecule has 2 aromatic heterocycles. The standard InChI is InChI=1S/C22H22N6O2/c1-11-4-5-18-15(6-11)12(2)29-22-21(24)25-10-16(26-22)19-17(9-23)28(3)27-20(19)13-7-14(8-13)30-18/h4-6,10,12-14H,7-8H2,1-3H3,(H2,24,25)/t12-,13?,14?/m1/s1. The summed E-state index contributed by atoms with van der Waals surface area (Å²) in [4.78, 5) is 8.94. The van der Waals surface area contributed by atoms with E-state index in [1.807, 2.05) is 26.0 Å². The molecule has 1 fully saturated rings. The van der Waals surface area contributed by atoms with E-state index in [0.29, 0.717) is 17.0 Å². The van der Waals surface area contributed by atoms with Crippen LogP contribution in [0, 0.1) is 18.3 Å². The fourth-order valence-electron chi connectivity index (χ4n) is 4.19. The predicted octanol–water partition coefficient (Wildman–Crippen LogP) is 3.42. The zero-order valence-electron chi connectivity index (χ0n) is 17.1. The molecule has 152 valence electrons. The second-order valence-electron chi connectivity index (χ2n) is 8.00. The molecular weight excluding hydrogens is 380 g/mol. The highest BCUT2D eigenvalue weighted by molar-refractivity contribution is 5.70. The molecule has 3 aliphatic rings. The largest absolute Gasteiger partial charge is 0.490 e. The highest BCUT2D eigenvalue weighted by atomic mass is 16.5. The van der Waals surface area contributed by atoms with Crippen LogP contribution >= 0.6 is 0 Å². The Morgan fingerprint density at radius 3 is 2.83 bits per heavy atom. The van der Waals surface area contributed by atoms with E-state index >= 15 is 0 Å². The monoisotopic (exact) mass is 402 g/mol. The summed E-state index contributed by atoms with van der Waals surface area (Å²) in [5.74, 6) is 1.42. The van der Waals surface area contributed by atoms with Gasteiger partial charge in [-0.3, -0.25) is 4.68 Å². The highest BCUT2D eigenvalue weighted by Crippen LogP contribution is 2.45. The van der Waals surface area contributed by atoms with Crippen LogP contribution in [0.5, 0.6) is 11.6 Å². The van der Waals surface area contributed by atoms with Crippen LogP contribution in [-0.4, -0.2) is 25.9 Å². The maximum Gasteiger partial charge on any atom is 0.258 e. The number of anilines is 1. The number of rotatable bonds is 0. The number of hydrogen-bond donors (Lipinski definition) is 1. The van der Waals surface area contributed by atoms with Gasteiger partial charge in [-0.25, -0.2) is 9.97 Å². The third-order valence-corrected chi connectivity index (χ3v) is 5.87. The lowest BCUT2D eigenvalue weighted by Crippen LogP contribution is -2.33. The summed E-state index contributed by atoms with van der Waals surface area (Å²) in [6, 6.07) is 8.33. The number of ether oxygens (including phenoxy) is 2. The van der Waals surface area contributed by atoms with Crippen molar-refractivity contribution in [3.8, 4) is 29.0 Å². The smallest absolute Gasteiger partial charge is 0.258 e. The van der Waals surface area contributed by atoms with Gasteiger partial charge in [0, 0.05) is 18.5 Å². The molecule has 0 saturated heterocycles. The van der Waals surface area contributed by atoms with Crippen LogP contribution in [0.3, 0.4) is 0 Å². The molecule has 0 spiro atoms. The maximum atomic E-state index is 9.73. The molecule has 4 bridgehead atoms. The molecule has 1 aliphatic carbocycles. The Kier molecular flexibility index (Phi) is 4.13. The molecule has 2 N–H and O–H groups in total. The minimum Gasteiger partial charge on any atom is -0.490 e. The van der Waals surface area contributed by atoms with Crippen LogP contribution in [0.2, 0.25) is 0 Å². The fraction of sp³-hybridized carbons (Fsp3) is 0.364. The summed E-state index contributed by atoms with van der Waals surface area (Å²) in [6.07, 6.45) is 2.98. The Labute approximate surface area is 174 Å². The van der Waals surface area contributed by atoms with Gasteiger partial charge in [0.2, 0.25) is 0 Å². The van der Waals surface area contributed by atoms with Crippen molar-refractivity contribution in [2.24, 2.45) is 7.05 Å². The molecule has 2 aliphatic heterocycles. The molecule has 1 saturated carbocycles. The molecule has 0 amide bonds. The molecular formula is C22H22N6O2. The van der Waals surface area contributed by atoms with Gasteiger partial charge in [0.15, 0.2) is 5.82 Å². The van der Waals surface area contributed by atoms with E-state index in [1.165, 1.54) is 0 Å². The Morgan fingerprint density at radius 1 is 1.27 bits per heavy atom. The third kappa shape index (κ3) is 2.86. The molecule has 1 atom stereocenters. The van der Waals surface area contributed by atoms with E-state index in [2.05, 4.69) is 27.2 Å². The van der Waals surface area contributed by atoms with Crippen LogP contribution in [0.25, 0.3) is 11.3 Å². The molecule has 1 aromatic carbocycles. The first-order valence-electron chi connectivity index (χ1n) is 9.98. The lowest BCUT2D eigenvalue weighted by molar-refractivity contribution is 0.0926. The lowest BCUT2D eigenvalue weighted by Gasteiger charge is -2.35. The van der Waals surface area contributed by atoms with Crippen molar-refractivity contribution in [3.05, 3.63) is 46.9 Å². The Bertz CT molecular complexity index is 1190. The first-order valence-corrected chi connectivity index (χ1v) is 9.98. The van der Waals surface area contributed by atoms with Gasteiger partial charge in [-0.1, -0.05) is 11.6 Å². The number of fused-ring (bicyclic) bond motifs is 1. The van der Waals surface area contributed by atoms with Gasteiger partial charge in [-0.15, -0.1) is 0 Å². The Balaban J connectivity index is 1.69. The molecule has 8 heteroatoms. The zero-order chi connectivity index (χ0) is 21.0. The fourth-order valence-corrected chi connectivity index (χ4v) is 4.19. The van der Waals surface area contributed by atoms with Crippen molar-refractivity contribution in [2.45, 2.75) is 44.8 Å². The van der Waals surface area contributed by atoms with Crippen molar-refractivity contribution >= 4 is 5.82 Å². The van der Waals surface area contributed by atoms with Crippen LogP contribution in [0.15, 0.2) is 24.4 Å². The minimum absolute atomic E-state index is 0.0871. The van der Waals surface area contributed by atoms with Gasteiger partial charge in [-0.05, 0) is 38.8 Å². The minimum atomic E-state index is -0.341.